The summed E-state index contributed by atoms with van der Waals surface area (Å²) in [6, 6.07) is 0. The molecule has 9 heteroatoms. The molecular weight excluding hydrogens is 294 g/mol. The fourth-order valence-electron chi connectivity index (χ4n) is 2.38. The molecule has 2 rings (SSSR count). The maximum atomic E-state index is 14.2. The molecule has 0 bridgehead atoms. The van der Waals surface area contributed by atoms with Gasteiger partial charge < -0.3 is 0 Å². The van der Waals surface area contributed by atoms with Crippen LogP contribution < -0.4 is 0 Å². The van der Waals surface area contributed by atoms with E-state index in [1.807, 2.05) is 0 Å². The van der Waals surface area contributed by atoms with Crippen molar-refractivity contribution in [1.82, 2.24) is 4.90 Å². The average Bonchev–Trinajstić information content (AvgIpc) is 2.35. The van der Waals surface area contributed by atoms with Crippen molar-refractivity contribution in [3.63, 3.8) is 0 Å². The standard InChI is InChI=1S/C11H14F2N2O4S/c1-11(14-2-4-20(18,19)5-3-14)9(12)6-8(15(16)17)7-10(11)13/h6-7,9H,2-5H2,1H3. The molecular formula is C11H14F2N2O4S. The molecule has 2 unspecified atom stereocenters. The van der Waals surface area contributed by atoms with Crippen LogP contribution in [0.5, 0.6) is 0 Å². The zero-order valence-electron chi connectivity index (χ0n) is 10.8. The minimum atomic E-state index is -3.17. The van der Waals surface area contributed by atoms with Crippen LogP contribution in [0.2, 0.25) is 0 Å². The lowest BCUT2D eigenvalue weighted by molar-refractivity contribution is -0.420. The monoisotopic (exact) mass is 308 g/mol. The van der Waals surface area contributed by atoms with Gasteiger partial charge in [-0.15, -0.1) is 0 Å². The van der Waals surface area contributed by atoms with E-state index in [-0.39, 0.29) is 24.6 Å². The molecule has 0 aromatic heterocycles. The van der Waals surface area contributed by atoms with E-state index in [9.17, 15) is 27.3 Å². The number of hydrogen-bond donors (Lipinski definition) is 0. The highest BCUT2D eigenvalue weighted by molar-refractivity contribution is 7.91. The molecule has 0 N–H and O–H groups in total. The Morgan fingerprint density at radius 2 is 2.00 bits per heavy atom. The van der Waals surface area contributed by atoms with Crippen LogP contribution in [-0.4, -0.2) is 54.5 Å². The van der Waals surface area contributed by atoms with E-state index in [1.54, 1.807) is 0 Å². The molecule has 0 radical (unpaired) electrons. The molecule has 0 aromatic rings. The average molecular weight is 308 g/mol. The normalized spacial score (nSPS) is 34.2. The first-order valence-corrected chi connectivity index (χ1v) is 7.82. The van der Waals surface area contributed by atoms with Crippen LogP contribution in [0.15, 0.2) is 23.7 Å². The van der Waals surface area contributed by atoms with Crippen LogP contribution in [-0.2, 0) is 9.84 Å². The molecule has 1 aliphatic carbocycles. The van der Waals surface area contributed by atoms with Crippen molar-refractivity contribution in [2.24, 2.45) is 0 Å². The van der Waals surface area contributed by atoms with Crippen LogP contribution in [0.3, 0.4) is 0 Å². The molecule has 0 amide bonds. The molecule has 2 atom stereocenters. The Bertz CT molecular complexity index is 588. The molecule has 1 aliphatic heterocycles. The van der Waals surface area contributed by atoms with E-state index >= 15 is 0 Å². The highest BCUT2D eigenvalue weighted by Gasteiger charge is 2.48. The first-order chi connectivity index (χ1) is 9.17. The Labute approximate surface area is 114 Å². The van der Waals surface area contributed by atoms with E-state index in [0.717, 1.165) is 6.08 Å². The lowest BCUT2D eigenvalue weighted by atomic mass is 9.87. The lowest BCUT2D eigenvalue weighted by Crippen LogP contribution is -2.58. The highest BCUT2D eigenvalue weighted by atomic mass is 32.2. The van der Waals surface area contributed by atoms with Crippen LogP contribution in [0, 0.1) is 10.1 Å². The van der Waals surface area contributed by atoms with Gasteiger partial charge in [0.2, 0.25) is 0 Å². The summed E-state index contributed by atoms with van der Waals surface area (Å²) in [4.78, 5) is 11.1. The van der Waals surface area contributed by atoms with Crippen molar-refractivity contribution in [3.05, 3.63) is 33.8 Å². The second kappa shape index (κ2) is 4.88. The molecule has 0 spiro atoms. The van der Waals surface area contributed by atoms with Gasteiger partial charge in [0, 0.05) is 25.2 Å². The molecule has 6 nitrogen and oxygen atoms in total. The number of nitrogens with zero attached hydrogens (tertiary/aromatic N) is 2. The summed E-state index contributed by atoms with van der Waals surface area (Å²) >= 11 is 0. The Hall–Kier alpha value is -1.35. The SMILES string of the molecule is CC1(N2CCS(=O)(=O)CC2)C(F)=CC([N+](=O)[O-])=CC1F. The van der Waals surface area contributed by atoms with Gasteiger partial charge in [0.25, 0.3) is 5.70 Å². The third-order valence-electron chi connectivity index (χ3n) is 3.82. The molecule has 0 saturated carbocycles. The van der Waals surface area contributed by atoms with Gasteiger partial charge in [0.15, 0.2) is 9.84 Å². The highest BCUT2D eigenvalue weighted by Crippen LogP contribution is 2.37. The van der Waals surface area contributed by atoms with E-state index in [2.05, 4.69) is 0 Å². The second-order valence-corrected chi connectivity index (χ2v) is 7.33. The number of rotatable bonds is 2. The van der Waals surface area contributed by atoms with Gasteiger partial charge in [-0.1, -0.05) is 0 Å². The van der Waals surface area contributed by atoms with Crippen LogP contribution in [0.1, 0.15) is 6.92 Å². The van der Waals surface area contributed by atoms with Crippen molar-refractivity contribution in [1.29, 1.82) is 0 Å². The predicted molar refractivity (Wildman–Crippen MR) is 67.8 cm³/mol. The molecule has 112 valence electrons. The molecule has 1 saturated heterocycles. The van der Waals surface area contributed by atoms with E-state index in [0.29, 0.717) is 6.08 Å². The Morgan fingerprint density at radius 3 is 2.45 bits per heavy atom. The predicted octanol–water partition coefficient (Wildman–Crippen LogP) is 0.841. The third kappa shape index (κ3) is 2.47. The number of alkyl halides is 1. The Morgan fingerprint density at radius 1 is 1.45 bits per heavy atom. The zero-order chi connectivity index (χ0) is 15.1. The van der Waals surface area contributed by atoms with Crippen LogP contribution in [0.4, 0.5) is 8.78 Å². The summed E-state index contributed by atoms with van der Waals surface area (Å²) in [5.74, 6) is -1.30. The smallest absolute Gasteiger partial charge is 0.271 e. The number of halogens is 2. The number of allylic oxidation sites excluding steroid dienone is 1. The first kappa shape index (κ1) is 15.0. The van der Waals surface area contributed by atoms with Crippen molar-refractivity contribution in [2.45, 2.75) is 18.6 Å². The number of hydrogen-bond acceptors (Lipinski definition) is 5. The molecule has 20 heavy (non-hydrogen) atoms. The summed E-state index contributed by atoms with van der Waals surface area (Å²) in [6.07, 6.45) is -0.459. The van der Waals surface area contributed by atoms with Gasteiger partial charge in [-0.2, -0.15) is 0 Å². The maximum absolute atomic E-state index is 14.2. The number of sulfone groups is 1. The van der Waals surface area contributed by atoms with Gasteiger partial charge in [-0.3, -0.25) is 15.0 Å². The molecule has 1 fully saturated rings. The molecule has 2 aliphatic rings. The quantitative estimate of drug-likeness (QED) is 0.558. The fourth-order valence-corrected chi connectivity index (χ4v) is 3.59. The van der Waals surface area contributed by atoms with Gasteiger partial charge in [0.1, 0.15) is 17.5 Å². The molecule has 0 aromatic carbocycles. The number of nitro groups is 1. The largest absolute Gasteiger partial charge is 0.287 e. The lowest BCUT2D eigenvalue weighted by Gasteiger charge is -2.44. The summed E-state index contributed by atoms with van der Waals surface area (Å²) < 4.78 is 51.1. The Balaban J connectivity index is 2.28. The summed E-state index contributed by atoms with van der Waals surface area (Å²) in [6.45, 7) is 1.29. The van der Waals surface area contributed by atoms with Gasteiger partial charge in [0.05, 0.1) is 16.4 Å². The summed E-state index contributed by atoms with van der Waals surface area (Å²) in [5, 5.41) is 10.6. The second-order valence-electron chi connectivity index (χ2n) is 5.03. The minimum Gasteiger partial charge on any atom is -0.287 e. The van der Waals surface area contributed by atoms with Gasteiger partial charge in [-0.05, 0) is 6.92 Å². The molecule has 1 heterocycles. The van der Waals surface area contributed by atoms with Gasteiger partial charge >= 0.3 is 0 Å². The van der Waals surface area contributed by atoms with E-state index in [4.69, 9.17) is 0 Å². The van der Waals surface area contributed by atoms with E-state index < -0.39 is 38.0 Å². The summed E-state index contributed by atoms with van der Waals surface area (Å²) in [5.41, 5.74) is -2.31. The third-order valence-corrected chi connectivity index (χ3v) is 5.43. The fraction of sp³-hybridized carbons (Fsp3) is 0.636. The van der Waals surface area contributed by atoms with Crippen molar-refractivity contribution >= 4 is 9.84 Å². The van der Waals surface area contributed by atoms with Crippen molar-refractivity contribution in [3.8, 4) is 0 Å². The van der Waals surface area contributed by atoms with Gasteiger partial charge in [-0.25, -0.2) is 17.2 Å². The topological polar surface area (TPSA) is 80.5 Å². The van der Waals surface area contributed by atoms with Crippen LogP contribution in [0.25, 0.3) is 0 Å². The maximum Gasteiger partial charge on any atom is 0.271 e. The zero-order valence-corrected chi connectivity index (χ0v) is 11.6. The van der Waals surface area contributed by atoms with Crippen LogP contribution >= 0.6 is 0 Å². The Kier molecular flexibility index (Phi) is 3.67. The van der Waals surface area contributed by atoms with Crippen molar-refractivity contribution < 1.29 is 22.1 Å². The first-order valence-electron chi connectivity index (χ1n) is 6.00. The summed E-state index contributed by atoms with van der Waals surface area (Å²) in [7, 11) is -3.17. The minimum absolute atomic E-state index is 0.00213. The van der Waals surface area contributed by atoms with Crippen molar-refractivity contribution in [2.75, 3.05) is 24.6 Å². The van der Waals surface area contributed by atoms with E-state index in [1.165, 1.54) is 11.8 Å².